The molecule has 0 aromatic carbocycles. The van der Waals surface area contributed by atoms with Gasteiger partial charge in [-0.2, -0.15) is 0 Å². The summed E-state index contributed by atoms with van der Waals surface area (Å²) in [4.78, 5) is 14.8. The Hall–Kier alpha value is -1.60. The molecule has 106 valence electrons. The molecule has 1 amide bonds. The van der Waals surface area contributed by atoms with E-state index in [1.54, 1.807) is 10.8 Å². The molecule has 0 bridgehead atoms. The van der Waals surface area contributed by atoms with E-state index in [1.807, 2.05) is 17.0 Å². The Kier molecular flexibility index (Phi) is 3.62. The minimum Gasteiger partial charge on any atom is -0.467 e. The first-order valence-electron chi connectivity index (χ1n) is 6.47. The van der Waals surface area contributed by atoms with Gasteiger partial charge in [-0.25, -0.2) is 0 Å². The number of nitrogens with two attached hydrogens (primary N) is 1. The molecule has 3 heterocycles. The molecule has 5 nitrogen and oxygen atoms in total. The maximum Gasteiger partial charge on any atom is 0.267 e. The molecule has 0 spiro atoms. The van der Waals surface area contributed by atoms with E-state index in [0.29, 0.717) is 21.2 Å². The van der Waals surface area contributed by atoms with Crippen LogP contribution in [0.3, 0.4) is 0 Å². The summed E-state index contributed by atoms with van der Waals surface area (Å²) in [7, 11) is 0. The highest BCUT2D eigenvalue weighted by atomic mass is 32.1. The van der Waals surface area contributed by atoms with E-state index < -0.39 is 0 Å². The van der Waals surface area contributed by atoms with Crippen LogP contribution < -0.4 is 5.73 Å². The zero-order chi connectivity index (χ0) is 14.1. The molecule has 0 atom stereocenters. The van der Waals surface area contributed by atoms with Crippen LogP contribution in [0.2, 0.25) is 0 Å². The fourth-order valence-electron chi connectivity index (χ4n) is 2.34. The number of rotatable bonds is 3. The minimum atomic E-state index is -0.00528. The second-order valence-corrected chi connectivity index (χ2v) is 6.39. The van der Waals surface area contributed by atoms with Crippen molar-refractivity contribution >= 4 is 35.3 Å². The number of hydrogen-bond donors (Lipinski definition) is 1. The molecule has 0 unspecified atom stereocenters. The van der Waals surface area contributed by atoms with Crippen molar-refractivity contribution in [2.45, 2.75) is 19.4 Å². The summed E-state index contributed by atoms with van der Waals surface area (Å²) in [5, 5.41) is 0. The fraction of sp³-hybridized carbons (Fsp3) is 0.385. The Morgan fingerprint density at radius 2 is 2.20 bits per heavy atom. The highest BCUT2D eigenvalue weighted by molar-refractivity contribution is 7.73. The van der Waals surface area contributed by atoms with E-state index in [0.717, 1.165) is 31.7 Å². The summed E-state index contributed by atoms with van der Waals surface area (Å²) in [6, 6.07) is 3.68. The lowest BCUT2D eigenvalue weighted by atomic mass is 10.4. The number of carbonyl (C=O) groups is 1. The van der Waals surface area contributed by atoms with Crippen molar-refractivity contribution in [1.29, 1.82) is 0 Å². The van der Waals surface area contributed by atoms with E-state index in [4.69, 9.17) is 22.4 Å². The molecule has 0 radical (unpaired) electrons. The van der Waals surface area contributed by atoms with Crippen LogP contribution in [0.25, 0.3) is 0 Å². The first-order chi connectivity index (χ1) is 9.66. The maximum atomic E-state index is 12.4. The number of amides is 1. The van der Waals surface area contributed by atoms with Crippen LogP contribution in [0.15, 0.2) is 22.8 Å². The lowest BCUT2D eigenvalue weighted by Crippen LogP contribution is -2.27. The maximum absolute atomic E-state index is 12.4. The number of likely N-dealkylation sites (tertiary alicyclic amines) is 1. The zero-order valence-corrected chi connectivity index (χ0v) is 12.5. The van der Waals surface area contributed by atoms with Crippen LogP contribution in [-0.4, -0.2) is 28.5 Å². The van der Waals surface area contributed by atoms with Crippen molar-refractivity contribution in [2.75, 3.05) is 18.8 Å². The van der Waals surface area contributed by atoms with Gasteiger partial charge in [0.25, 0.3) is 5.91 Å². The van der Waals surface area contributed by atoms with Crippen LogP contribution in [0, 0.1) is 3.95 Å². The van der Waals surface area contributed by atoms with Gasteiger partial charge in [0, 0.05) is 13.1 Å². The number of nitrogens with zero attached hydrogens (tertiary/aromatic N) is 2. The molecule has 3 rings (SSSR count). The van der Waals surface area contributed by atoms with Gasteiger partial charge in [0.1, 0.15) is 16.5 Å². The standard InChI is InChI=1S/C13H15N3O2S2/c14-11-10(12(17)15-5-1-2-6-15)20-13(19)16(11)8-9-4-3-7-18-9/h3-4,7H,1-2,5-6,8,14H2. The molecule has 1 aliphatic rings. The second-order valence-electron chi connectivity index (χ2n) is 4.75. The van der Waals surface area contributed by atoms with E-state index in [2.05, 4.69) is 0 Å². The van der Waals surface area contributed by atoms with Crippen LogP contribution in [0.4, 0.5) is 5.82 Å². The molecule has 1 saturated heterocycles. The van der Waals surface area contributed by atoms with Crippen molar-refractivity contribution < 1.29 is 9.21 Å². The molecule has 2 N–H and O–H groups in total. The Labute approximate surface area is 125 Å². The summed E-state index contributed by atoms with van der Waals surface area (Å²) in [5.41, 5.74) is 6.11. The summed E-state index contributed by atoms with van der Waals surface area (Å²) < 4.78 is 7.65. The number of aromatic nitrogens is 1. The predicted molar refractivity (Wildman–Crippen MR) is 80.5 cm³/mol. The van der Waals surface area contributed by atoms with Gasteiger partial charge < -0.3 is 19.6 Å². The monoisotopic (exact) mass is 309 g/mol. The highest BCUT2D eigenvalue weighted by Gasteiger charge is 2.24. The highest BCUT2D eigenvalue weighted by Crippen LogP contribution is 2.26. The molecule has 2 aromatic rings. The van der Waals surface area contributed by atoms with Gasteiger partial charge in [-0.3, -0.25) is 4.79 Å². The van der Waals surface area contributed by atoms with Crippen molar-refractivity contribution in [2.24, 2.45) is 0 Å². The van der Waals surface area contributed by atoms with E-state index in [-0.39, 0.29) is 5.91 Å². The SMILES string of the molecule is Nc1c(C(=O)N2CCCC2)sc(=S)n1Cc1ccco1. The van der Waals surface area contributed by atoms with Crippen molar-refractivity contribution in [3.63, 3.8) is 0 Å². The lowest BCUT2D eigenvalue weighted by molar-refractivity contribution is 0.0798. The van der Waals surface area contributed by atoms with Crippen LogP contribution in [-0.2, 0) is 6.54 Å². The number of nitrogen functional groups attached to an aromatic ring is 1. The van der Waals surface area contributed by atoms with Crippen LogP contribution in [0.1, 0.15) is 28.3 Å². The molecular weight excluding hydrogens is 294 g/mol. The Balaban J connectivity index is 1.90. The summed E-state index contributed by atoms with van der Waals surface area (Å²) in [5.74, 6) is 1.20. The first kappa shape index (κ1) is 13.4. The molecule has 0 aliphatic carbocycles. The average Bonchev–Trinajstić information content (AvgIpc) is 3.15. The van der Waals surface area contributed by atoms with Crippen molar-refractivity contribution in [1.82, 2.24) is 9.47 Å². The third kappa shape index (κ3) is 2.38. The van der Waals surface area contributed by atoms with Gasteiger partial charge in [-0.1, -0.05) is 11.3 Å². The molecular formula is C13H15N3O2S2. The van der Waals surface area contributed by atoms with Crippen molar-refractivity contribution in [3.8, 4) is 0 Å². The fourth-order valence-corrected chi connectivity index (χ4v) is 3.63. The third-order valence-corrected chi connectivity index (χ3v) is 4.87. The molecule has 1 aliphatic heterocycles. The van der Waals surface area contributed by atoms with Gasteiger partial charge in [0.2, 0.25) is 0 Å². The number of thiazole rings is 1. The number of furan rings is 1. The first-order valence-corrected chi connectivity index (χ1v) is 7.70. The molecule has 7 heteroatoms. The Morgan fingerprint density at radius 3 is 2.85 bits per heavy atom. The van der Waals surface area contributed by atoms with Crippen LogP contribution >= 0.6 is 23.6 Å². The zero-order valence-electron chi connectivity index (χ0n) is 10.9. The van der Waals surface area contributed by atoms with E-state index in [9.17, 15) is 4.79 Å². The van der Waals surface area contributed by atoms with Crippen molar-refractivity contribution in [3.05, 3.63) is 33.0 Å². The Bertz CT molecular complexity index is 666. The summed E-state index contributed by atoms with van der Waals surface area (Å²) >= 11 is 6.59. The van der Waals surface area contributed by atoms with Crippen LogP contribution in [0.5, 0.6) is 0 Å². The third-order valence-electron chi connectivity index (χ3n) is 3.41. The predicted octanol–water partition coefficient (Wildman–Crippen LogP) is 2.74. The molecule has 20 heavy (non-hydrogen) atoms. The largest absolute Gasteiger partial charge is 0.467 e. The second kappa shape index (κ2) is 5.41. The molecule has 2 aromatic heterocycles. The summed E-state index contributed by atoms with van der Waals surface area (Å²) in [6.45, 7) is 2.07. The summed E-state index contributed by atoms with van der Waals surface area (Å²) in [6.07, 6.45) is 3.73. The average molecular weight is 309 g/mol. The van der Waals surface area contributed by atoms with Gasteiger partial charge >= 0.3 is 0 Å². The number of carbonyl (C=O) groups excluding carboxylic acids is 1. The van der Waals surface area contributed by atoms with Gasteiger partial charge in [-0.15, -0.1) is 0 Å². The van der Waals surface area contributed by atoms with E-state index in [1.165, 1.54) is 11.3 Å². The quantitative estimate of drug-likeness (QED) is 0.886. The lowest BCUT2D eigenvalue weighted by Gasteiger charge is -2.14. The topological polar surface area (TPSA) is 64.4 Å². The van der Waals surface area contributed by atoms with Gasteiger partial charge in [0.05, 0.1) is 12.8 Å². The molecule has 0 saturated carbocycles. The Morgan fingerprint density at radius 1 is 1.45 bits per heavy atom. The normalized spacial score (nSPS) is 14.9. The van der Waals surface area contributed by atoms with E-state index >= 15 is 0 Å². The van der Waals surface area contributed by atoms with Gasteiger partial charge in [-0.05, 0) is 37.2 Å². The smallest absolute Gasteiger partial charge is 0.267 e. The number of anilines is 1. The number of hydrogen-bond acceptors (Lipinski definition) is 5. The van der Waals surface area contributed by atoms with Gasteiger partial charge in [0.15, 0.2) is 3.95 Å². The minimum absolute atomic E-state index is 0.00528. The molecule has 1 fully saturated rings.